The van der Waals surface area contributed by atoms with Gasteiger partial charge in [0.2, 0.25) is 11.8 Å². The highest BCUT2D eigenvalue weighted by molar-refractivity contribution is 5.94. The Kier molecular flexibility index (Phi) is 6.39. The molecule has 0 atom stereocenters. The minimum absolute atomic E-state index is 0.0253. The number of carbonyl (C=O) groups is 2. The molecule has 25 heavy (non-hydrogen) atoms. The lowest BCUT2D eigenvalue weighted by atomic mass is 10.1. The number of hydrogen-bond acceptors (Lipinski definition) is 3. The van der Waals surface area contributed by atoms with Crippen LogP contribution in [0.4, 0.5) is 10.1 Å². The van der Waals surface area contributed by atoms with Gasteiger partial charge in [0, 0.05) is 18.5 Å². The van der Waals surface area contributed by atoms with Crippen LogP contribution in [0.15, 0.2) is 47.6 Å². The lowest BCUT2D eigenvalue weighted by Crippen LogP contribution is -2.20. The molecule has 0 aliphatic rings. The highest BCUT2D eigenvalue weighted by atomic mass is 19.1. The van der Waals surface area contributed by atoms with Gasteiger partial charge in [-0.3, -0.25) is 9.59 Å². The molecule has 130 valence electrons. The van der Waals surface area contributed by atoms with Crippen molar-refractivity contribution in [3.63, 3.8) is 0 Å². The summed E-state index contributed by atoms with van der Waals surface area (Å²) >= 11 is 0. The van der Waals surface area contributed by atoms with Crippen molar-refractivity contribution in [1.82, 2.24) is 5.43 Å². The average molecular weight is 341 g/mol. The van der Waals surface area contributed by atoms with E-state index in [4.69, 9.17) is 0 Å². The molecule has 2 rings (SSSR count). The van der Waals surface area contributed by atoms with E-state index in [1.807, 2.05) is 32.0 Å². The van der Waals surface area contributed by atoms with Gasteiger partial charge in [0.05, 0.1) is 6.21 Å². The van der Waals surface area contributed by atoms with Crippen LogP contribution in [0.3, 0.4) is 0 Å². The Morgan fingerprint density at radius 2 is 1.72 bits per heavy atom. The Labute approximate surface area is 145 Å². The number of halogens is 1. The van der Waals surface area contributed by atoms with Crippen molar-refractivity contribution in [3.8, 4) is 0 Å². The number of rotatable bonds is 6. The monoisotopic (exact) mass is 341 g/mol. The van der Waals surface area contributed by atoms with Crippen molar-refractivity contribution in [2.75, 3.05) is 5.32 Å². The van der Waals surface area contributed by atoms with E-state index in [9.17, 15) is 14.0 Å². The quantitative estimate of drug-likeness (QED) is 0.625. The summed E-state index contributed by atoms with van der Waals surface area (Å²) in [4.78, 5) is 23.6. The van der Waals surface area contributed by atoms with E-state index in [2.05, 4.69) is 15.8 Å². The van der Waals surface area contributed by atoms with Crippen LogP contribution in [0.2, 0.25) is 0 Å². The molecule has 0 saturated carbocycles. The molecule has 0 spiro atoms. The molecule has 0 unspecified atom stereocenters. The number of amides is 2. The normalized spacial score (nSPS) is 10.7. The Morgan fingerprint density at radius 3 is 2.44 bits per heavy atom. The van der Waals surface area contributed by atoms with Crippen LogP contribution in [-0.4, -0.2) is 18.0 Å². The maximum Gasteiger partial charge on any atom is 0.240 e. The van der Waals surface area contributed by atoms with E-state index in [-0.39, 0.29) is 30.5 Å². The molecule has 0 bridgehead atoms. The van der Waals surface area contributed by atoms with Crippen LogP contribution in [-0.2, 0) is 9.59 Å². The Hall–Kier alpha value is -3.02. The summed E-state index contributed by atoms with van der Waals surface area (Å²) in [5, 5.41) is 6.58. The molecule has 0 aliphatic carbocycles. The minimum atomic E-state index is -0.366. The molecule has 6 heteroatoms. The van der Waals surface area contributed by atoms with Gasteiger partial charge in [0.25, 0.3) is 0 Å². The average Bonchev–Trinajstić information content (AvgIpc) is 2.58. The molecular formula is C19H20FN3O2. The Morgan fingerprint density at radius 1 is 1.04 bits per heavy atom. The lowest BCUT2D eigenvalue weighted by molar-refractivity contribution is -0.124. The summed E-state index contributed by atoms with van der Waals surface area (Å²) < 4.78 is 12.8. The largest absolute Gasteiger partial charge is 0.326 e. The molecule has 2 N–H and O–H groups in total. The third kappa shape index (κ3) is 6.18. The minimum Gasteiger partial charge on any atom is -0.326 e. The summed E-state index contributed by atoms with van der Waals surface area (Å²) in [6.07, 6.45) is 1.50. The molecular weight excluding hydrogens is 321 g/mol. The highest BCUT2D eigenvalue weighted by Crippen LogP contribution is 2.16. The third-order valence-electron chi connectivity index (χ3n) is 3.52. The van der Waals surface area contributed by atoms with Gasteiger partial charge in [0.1, 0.15) is 5.82 Å². The molecule has 0 aliphatic heterocycles. The number of aryl methyl sites for hydroxylation is 2. The van der Waals surface area contributed by atoms with Gasteiger partial charge in [-0.2, -0.15) is 5.10 Å². The van der Waals surface area contributed by atoms with Crippen LogP contribution in [0.5, 0.6) is 0 Å². The van der Waals surface area contributed by atoms with Crippen LogP contribution in [0, 0.1) is 19.7 Å². The standard InChI is InChI=1S/C19H20FN3O2/c1-13-3-4-14(2)17(11-13)22-18(24)9-10-19(25)23-21-12-15-5-7-16(20)8-6-15/h3-8,11-12H,9-10H2,1-2H3,(H,22,24)(H,23,25). The molecule has 2 amide bonds. The fourth-order valence-corrected chi connectivity index (χ4v) is 2.09. The molecule has 2 aromatic carbocycles. The van der Waals surface area contributed by atoms with Crippen LogP contribution in [0.25, 0.3) is 0 Å². The van der Waals surface area contributed by atoms with Crippen molar-refractivity contribution >= 4 is 23.7 Å². The number of anilines is 1. The van der Waals surface area contributed by atoms with E-state index in [0.717, 1.165) is 16.8 Å². The zero-order chi connectivity index (χ0) is 18.2. The first-order valence-electron chi connectivity index (χ1n) is 7.88. The second-order valence-corrected chi connectivity index (χ2v) is 5.71. The van der Waals surface area contributed by atoms with Crippen molar-refractivity contribution in [2.45, 2.75) is 26.7 Å². The van der Waals surface area contributed by atoms with Gasteiger partial charge >= 0.3 is 0 Å². The van der Waals surface area contributed by atoms with Crippen molar-refractivity contribution in [3.05, 3.63) is 65.0 Å². The van der Waals surface area contributed by atoms with Gasteiger partial charge in [-0.15, -0.1) is 0 Å². The molecule has 2 aromatic rings. The number of hydrazone groups is 1. The molecule has 0 fully saturated rings. The number of nitrogens with zero attached hydrogens (tertiary/aromatic N) is 1. The topological polar surface area (TPSA) is 70.6 Å². The molecule has 0 radical (unpaired) electrons. The number of hydrogen-bond donors (Lipinski definition) is 2. The number of carbonyl (C=O) groups excluding carboxylic acids is 2. The smallest absolute Gasteiger partial charge is 0.240 e. The van der Waals surface area contributed by atoms with Gasteiger partial charge in [-0.05, 0) is 48.7 Å². The van der Waals surface area contributed by atoms with Gasteiger partial charge < -0.3 is 5.32 Å². The molecule has 0 saturated heterocycles. The van der Waals surface area contributed by atoms with Crippen molar-refractivity contribution < 1.29 is 14.0 Å². The maximum atomic E-state index is 12.8. The van der Waals surface area contributed by atoms with Crippen molar-refractivity contribution in [2.24, 2.45) is 5.10 Å². The van der Waals surface area contributed by atoms with Crippen LogP contribution < -0.4 is 10.7 Å². The third-order valence-corrected chi connectivity index (χ3v) is 3.52. The first kappa shape index (κ1) is 18.3. The van der Waals surface area contributed by atoms with Gasteiger partial charge in [-0.1, -0.05) is 24.3 Å². The highest BCUT2D eigenvalue weighted by Gasteiger charge is 2.08. The fourth-order valence-electron chi connectivity index (χ4n) is 2.09. The fraction of sp³-hybridized carbons (Fsp3) is 0.211. The summed E-state index contributed by atoms with van der Waals surface area (Å²) in [6.45, 7) is 3.85. The zero-order valence-corrected chi connectivity index (χ0v) is 14.2. The SMILES string of the molecule is Cc1ccc(C)c(NC(=O)CCC(=O)NN=Cc2ccc(F)cc2)c1. The maximum absolute atomic E-state index is 12.8. The summed E-state index contributed by atoms with van der Waals surface area (Å²) in [5.41, 5.74) is 5.77. The molecule has 5 nitrogen and oxygen atoms in total. The number of nitrogens with one attached hydrogen (secondary N) is 2. The second kappa shape index (κ2) is 8.73. The number of benzene rings is 2. The van der Waals surface area contributed by atoms with Crippen LogP contribution in [0.1, 0.15) is 29.5 Å². The summed E-state index contributed by atoms with van der Waals surface area (Å²) in [7, 11) is 0. The van der Waals surface area contributed by atoms with E-state index in [1.54, 1.807) is 12.1 Å². The molecule has 0 heterocycles. The Balaban J connectivity index is 1.76. The van der Waals surface area contributed by atoms with E-state index in [0.29, 0.717) is 5.56 Å². The second-order valence-electron chi connectivity index (χ2n) is 5.71. The first-order chi connectivity index (χ1) is 11.9. The van der Waals surface area contributed by atoms with E-state index in [1.165, 1.54) is 18.3 Å². The predicted octanol–water partition coefficient (Wildman–Crippen LogP) is 3.31. The van der Waals surface area contributed by atoms with Gasteiger partial charge in [0.15, 0.2) is 0 Å². The molecule has 0 aromatic heterocycles. The first-order valence-corrected chi connectivity index (χ1v) is 7.88. The van der Waals surface area contributed by atoms with Crippen molar-refractivity contribution in [1.29, 1.82) is 0 Å². The predicted molar refractivity (Wildman–Crippen MR) is 95.9 cm³/mol. The van der Waals surface area contributed by atoms with Crippen LogP contribution >= 0.6 is 0 Å². The summed E-state index contributed by atoms with van der Waals surface area (Å²) in [5.74, 6) is -0.933. The Bertz CT molecular complexity index is 786. The van der Waals surface area contributed by atoms with Gasteiger partial charge in [-0.25, -0.2) is 9.82 Å². The zero-order valence-electron chi connectivity index (χ0n) is 14.2. The lowest BCUT2D eigenvalue weighted by Gasteiger charge is -2.09. The summed E-state index contributed by atoms with van der Waals surface area (Å²) in [6, 6.07) is 11.5. The van der Waals surface area contributed by atoms with E-state index >= 15 is 0 Å². The van der Waals surface area contributed by atoms with E-state index < -0.39 is 0 Å².